The van der Waals surface area contributed by atoms with E-state index >= 15 is 0 Å². The highest BCUT2D eigenvalue weighted by Gasteiger charge is 2.54. The Labute approximate surface area is 185 Å². The lowest BCUT2D eigenvalue weighted by Crippen LogP contribution is -2.67. The van der Waals surface area contributed by atoms with Crippen LogP contribution in [0.2, 0.25) is 0 Å². The van der Waals surface area contributed by atoms with Gasteiger partial charge in [-0.25, -0.2) is 0 Å². The average Bonchev–Trinajstić information content (AvgIpc) is 3.06. The van der Waals surface area contributed by atoms with E-state index in [9.17, 15) is 40.5 Å². The molecule has 12 nitrogen and oxygen atoms in total. The lowest BCUT2D eigenvalue weighted by Gasteiger charge is -2.47. The number of likely N-dealkylation sites (tertiary alicyclic amines) is 1. The molecule has 3 heterocycles. The molecule has 0 aromatic carbocycles. The minimum absolute atomic E-state index is 0.124. The van der Waals surface area contributed by atoms with Gasteiger partial charge in [0, 0.05) is 13.0 Å². The van der Waals surface area contributed by atoms with Crippen LogP contribution in [0.15, 0.2) is 0 Å². The highest BCUT2D eigenvalue weighted by molar-refractivity contribution is 5.78. The van der Waals surface area contributed by atoms with Crippen LogP contribution >= 0.6 is 0 Å². The molecule has 0 aromatic heterocycles. The van der Waals surface area contributed by atoms with Crippen LogP contribution in [-0.2, 0) is 19.0 Å². The summed E-state index contributed by atoms with van der Waals surface area (Å²) in [7, 11) is 0. The summed E-state index contributed by atoms with van der Waals surface area (Å²) in [6.07, 6.45) is -11.5. The van der Waals surface area contributed by atoms with Crippen molar-refractivity contribution in [2.45, 2.75) is 81.5 Å². The number of amides is 1. The molecule has 0 aliphatic carbocycles. The first-order valence-electron chi connectivity index (χ1n) is 10.9. The molecular weight excluding hydrogens is 430 g/mol. The summed E-state index contributed by atoms with van der Waals surface area (Å²) in [4.78, 5) is 13.8. The quantitative estimate of drug-likeness (QED) is 0.198. The SMILES string of the molecule is CC(C)C[C@H]1CC(=O)N(C[C@@]2(O)OC[C@@H](O)[C@@H](O[C@@H]3O[C@H](CO)[C@H](O)[C@H](O)[C@H]3O)[C@H]2O)C1. The molecule has 1 amide bonds. The zero-order chi connectivity index (χ0) is 23.8. The third-order valence-electron chi connectivity index (χ3n) is 6.31. The standard InChI is InChI=1S/C20H35NO11/c1-9(2)3-10-4-13(24)21(5-10)8-20(29)18(28)17(11(23)7-30-20)32-19-16(27)15(26)14(25)12(6-22)31-19/h9-12,14-19,22-23,25-29H,3-8H2,1-2H3/t10-,11+,12+,14-,15-,16+,17+,18+,19-,20+/m0/s1. The summed E-state index contributed by atoms with van der Waals surface area (Å²) in [6.45, 7) is 3.04. The fraction of sp³-hybridized carbons (Fsp3) is 0.950. The van der Waals surface area contributed by atoms with Gasteiger partial charge >= 0.3 is 0 Å². The van der Waals surface area contributed by atoms with Crippen molar-refractivity contribution in [3.8, 4) is 0 Å². The Morgan fingerprint density at radius 1 is 1.16 bits per heavy atom. The fourth-order valence-corrected chi connectivity index (χ4v) is 4.62. The van der Waals surface area contributed by atoms with Crippen molar-refractivity contribution >= 4 is 5.91 Å². The lowest BCUT2D eigenvalue weighted by atomic mass is 9.95. The van der Waals surface area contributed by atoms with Crippen molar-refractivity contribution in [2.24, 2.45) is 11.8 Å². The predicted molar refractivity (Wildman–Crippen MR) is 106 cm³/mol. The number of aliphatic hydroxyl groups is 7. The van der Waals surface area contributed by atoms with E-state index in [1.165, 1.54) is 4.90 Å². The van der Waals surface area contributed by atoms with E-state index in [0.29, 0.717) is 18.9 Å². The molecule has 3 rings (SSSR count). The number of hydrogen-bond acceptors (Lipinski definition) is 11. The van der Waals surface area contributed by atoms with Crippen LogP contribution < -0.4 is 0 Å². The van der Waals surface area contributed by atoms with Gasteiger partial charge in [-0.1, -0.05) is 13.8 Å². The molecule has 3 fully saturated rings. The van der Waals surface area contributed by atoms with Gasteiger partial charge in [0.05, 0.1) is 19.8 Å². The number of carbonyl (C=O) groups excluding carboxylic acids is 1. The monoisotopic (exact) mass is 465 g/mol. The molecular formula is C20H35NO11. The van der Waals surface area contributed by atoms with E-state index in [0.717, 1.165) is 6.42 Å². The molecule has 186 valence electrons. The average molecular weight is 465 g/mol. The number of hydrogen-bond donors (Lipinski definition) is 7. The molecule has 12 heteroatoms. The Bertz CT molecular complexity index is 649. The van der Waals surface area contributed by atoms with E-state index in [4.69, 9.17) is 14.2 Å². The van der Waals surface area contributed by atoms with Crippen LogP contribution in [0.3, 0.4) is 0 Å². The van der Waals surface area contributed by atoms with Crippen molar-refractivity contribution in [2.75, 3.05) is 26.3 Å². The summed E-state index contributed by atoms with van der Waals surface area (Å²) in [5.41, 5.74) is 0. The molecule has 3 saturated heterocycles. The summed E-state index contributed by atoms with van der Waals surface area (Å²) >= 11 is 0. The Balaban J connectivity index is 1.69. The van der Waals surface area contributed by atoms with Crippen molar-refractivity contribution in [3.05, 3.63) is 0 Å². The van der Waals surface area contributed by atoms with E-state index in [-0.39, 0.29) is 18.4 Å². The van der Waals surface area contributed by atoms with Crippen LogP contribution in [0.1, 0.15) is 26.7 Å². The van der Waals surface area contributed by atoms with Gasteiger partial charge < -0.3 is 54.9 Å². The van der Waals surface area contributed by atoms with Crippen LogP contribution in [-0.4, -0.2) is 128 Å². The molecule has 0 spiro atoms. The van der Waals surface area contributed by atoms with E-state index in [2.05, 4.69) is 13.8 Å². The largest absolute Gasteiger partial charge is 0.394 e. The number of aliphatic hydroxyl groups excluding tert-OH is 6. The van der Waals surface area contributed by atoms with Crippen LogP contribution in [0.4, 0.5) is 0 Å². The Kier molecular flexibility index (Phi) is 8.14. The first-order valence-corrected chi connectivity index (χ1v) is 10.9. The zero-order valence-corrected chi connectivity index (χ0v) is 18.2. The van der Waals surface area contributed by atoms with Crippen LogP contribution in [0.25, 0.3) is 0 Å². The minimum Gasteiger partial charge on any atom is -0.394 e. The van der Waals surface area contributed by atoms with E-state index in [1.54, 1.807) is 0 Å². The van der Waals surface area contributed by atoms with E-state index in [1.807, 2.05) is 0 Å². The van der Waals surface area contributed by atoms with Crippen molar-refractivity contribution < 1.29 is 54.8 Å². The summed E-state index contributed by atoms with van der Waals surface area (Å²) in [6, 6.07) is 0. The zero-order valence-electron chi connectivity index (χ0n) is 18.2. The first-order chi connectivity index (χ1) is 15.0. The summed E-state index contributed by atoms with van der Waals surface area (Å²) < 4.78 is 16.0. The van der Waals surface area contributed by atoms with Crippen LogP contribution in [0.5, 0.6) is 0 Å². The second kappa shape index (κ2) is 10.1. The molecule has 7 N–H and O–H groups in total. The number of rotatable bonds is 7. The highest BCUT2D eigenvalue weighted by Crippen LogP contribution is 2.33. The molecule has 0 radical (unpaired) electrons. The fourth-order valence-electron chi connectivity index (χ4n) is 4.62. The van der Waals surface area contributed by atoms with Gasteiger partial charge in [0.1, 0.15) is 42.7 Å². The van der Waals surface area contributed by atoms with Crippen LogP contribution in [0, 0.1) is 11.8 Å². The maximum absolute atomic E-state index is 12.4. The molecule has 10 atom stereocenters. The first kappa shape index (κ1) is 25.7. The molecule has 0 unspecified atom stereocenters. The third-order valence-corrected chi connectivity index (χ3v) is 6.31. The van der Waals surface area contributed by atoms with Crippen molar-refractivity contribution in [1.29, 1.82) is 0 Å². The third kappa shape index (κ3) is 5.25. The smallest absolute Gasteiger partial charge is 0.223 e. The number of carbonyl (C=O) groups is 1. The molecule has 0 saturated carbocycles. The maximum Gasteiger partial charge on any atom is 0.223 e. The maximum atomic E-state index is 12.4. The van der Waals surface area contributed by atoms with Gasteiger partial charge in [-0.2, -0.15) is 0 Å². The second-order valence-electron chi connectivity index (χ2n) is 9.44. The Morgan fingerprint density at radius 3 is 2.47 bits per heavy atom. The normalized spacial score (nSPS) is 45.6. The van der Waals surface area contributed by atoms with Crippen molar-refractivity contribution in [1.82, 2.24) is 4.90 Å². The number of ether oxygens (including phenoxy) is 3. The topological polar surface area (TPSA) is 190 Å². The van der Waals surface area contributed by atoms with Gasteiger partial charge in [0.2, 0.25) is 11.7 Å². The number of β-amino-alcohol motifs (C(OH)–C–C–N with tert-alkyl or cyclic N) is 1. The Morgan fingerprint density at radius 2 is 1.84 bits per heavy atom. The van der Waals surface area contributed by atoms with Crippen molar-refractivity contribution in [3.63, 3.8) is 0 Å². The summed E-state index contributed by atoms with van der Waals surface area (Å²) in [5.74, 6) is -1.91. The highest BCUT2D eigenvalue weighted by atomic mass is 16.7. The van der Waals surface area contributed by atoms with Gasteiger partial charge in [0.15, 0.2) is 6.29 Å². The minimum atomic E-state index is -2.25. The molecule has 32 heavy (non-hydrogen) atoms. The van der Waals surface area contributed by atoms with Gasteiger partial charge in [-0.3, -0.25) is 4.79 Å². The van der Waals surface area contributed by atoms with Gasteiger partial charge in [0.25, 0.3) is 0 Å². The summed E-state index contributed by atoms with van der Waals surface area (Å²) in [5, 5.41) is 71.3. The Hall–Kier alpha value is -0.930. The molecule has 3 aliphatic heterocycles. The molecule has 0 bridgehead atoms. The number of nitrogens with zero attached hydrogens (tertiary/aromatic N) is 1. The molecule has 3 aliphatic rings. The lowest BCUT2D eigenvalue weighted by molar-refractivity contribution is -0.369. The van der Waals surface area contributed by atoms with E-state index < -0.39 is 68.0 Å². The van der Waals surface area contributed by atoms with Gasteiger partial charge in [-0.05, 0) is 18.3 Å². The second-order valence-corrected chi connectivity index (χ2v) is 9.44. The predicted octanol–water partition coefficient (Wildman–Crippen LogP) is -3.49. The molecule has 0 aromatic rings. The van der Waals surface area contributed by atoms with Gasteiger partial charge in [-0.15, -0.1) is 0 Å².